The Balaban J connectivity index is 1.78. The van der Waals surface area contributed by atoms with Crippen LogP contribution in [0.5, 0.6) is 11.5 Å². The molecule has 0 aliphatic rings. The highest BCUT2D eigenvalue weighted by molar-refractivity contribution is 6.03. The molecule has 0 saturated carbocycles. The molecule has 0 aliphatic carbocycles. The smallest absolute Gasteiger partial charge is 0.275 e. The van der Waals surface area contributed by atoms with E-state index < -0.39 is 0 Å². The number of rotatable bonds is 7. The fraction of sp³-hybridized carbons (Fsp3) is 0.227. The minimum absolute atomic E-state index is 0.215. The van der Waals surface area contributed by atoms with Crippen LogP contribution in [0.2, 0.25) is 0 Å². The molecule has 3 rings (SSSR count). The minimum atomic E-state index is -0.369. The van der Waals surface area contributed by atoms with Crippen molar-refractivity contribution in [2.75, 3.05) is 31.0 Å². The second-order valence-corrected chi connectivity index (χ2v) is 6.36. The largest absolute Gasteiger partial charge is 0.497 e. The summed E-state index contributed by atoms with van der Waals surface area (Å²) < 4.78 is 10.5. The molecular formula is C22H24N4O3. The number of nitrogens with zero attached hydrogens (tertiary/aromatic N) is 3. The van der Waals surface area contributed by atoms with Gasteiger partial charge in [-0.3, -0.25) is 4.79 Å². The first-order valence-electron chi connectivity index (χ1n) is 9.25. The number of carbonyl (C=O) groups excluding carboxylic acids is 1. The van der Waals surface area contributed by atoms with Crippen molar-refractivity contribution in [1.82, 2.24) is 9.97 Å². The maximum absolute atomic E-state index is 12.6. The predicted octanol–water partition coefficient (Wildman–Crippen LogP) is 4.21. The van der Waals surface area contributed by atoms with Crippen molar-refractivity contribution in [2.45, 2.75) is 13.8 Å². The Morgan fingerprint density at radius 2 is 1.90 bits per heavy atom. The summed E-state index contributed by atoms with van der Waals surface area (Å²) in [6.07, 6.45) is 3.07. The molecule has 0 saturated heterocycles. The third-order valence-corrected chi connectivity index (χ3v) is 4.43. The van der Waals surface area contributed by atoms with Crippen molar-refractivity contribution in [3.8, 4) is 11.5 Å². The number of carbonyl (C=O) groups is 1. The third kappa shape index (κ3) is 4.63. The molecule has 1 amide bonds. The molecule has 7 nitrogen and oxygen atoms in total. The summed E-state index contributed by atoms with van der Waals surface area (Å²) in [6, 6.07) is 13.3. The SMILES string of the molecule is CCN(c1cccc(C)c1)c1cnc(C(=O)Nc2ccc(OC)cc2OC)cn1. The number of aromatic nitrogens is 2. The number of benzene rings is 2. The van der Waals surface area contributed by atoms with E-state index in [1.807, 2.05) is 36.9 Å². The van der Waals surface area contributed by atoms with Crippen LogP contribution >= 0.6 is 0 Å². The molecule has 1 aromatic heterocycles. The summed E-state index contributed by atoms with van der Waals surface area (Å²) in [5.74, 6) is 1.45. The molecule has 3 aromatic rings. The first kappa shape index (κ1) is 20.1. The van der Waals surface area contributed by atoms with E-state index in [9.17, 15) is 4.79 Å². The van der Waals surface area contributed by atoms with Gasteiger partial charge in [0.25, 0.3) is 5.91 Å². The Hall–Kier alpha value is -3.61. The van der Waals surface area contributed by atoms with E-state index in [-0.39, 0.29) is 11.6 Å². The summed E-state index contributed by atoms with van der Waals surface area (Å²) in [6.45, 7) is 4.82. The first-order chi connectivity index (χ1) is 14.0. The van der Waals surface area contributed by atoms with Gasteiger partial charge in [-0.2, -0.15) is 0 Å². The van der Waals surface area contributed by atoms with Crippen LogP contribution in [0.1, 0.15) is 23.0 Å². The van der Waals surface area contributed by atoms with Crippen LogP contribution in [0.25, 0.3) is 0 Å². The first-order valence-corrected chi connectivity index (χ1v) is 9.25. The van der Waals surface area contributed by atoms with Crippen molar-refractivity contribution in [3.05, 3.63) is 66.1 Å². The van der Waals surface area contributed by atoms with Crippen molar-refractivity contribution in [3.63, 3.8) is 0 Å². The van der Waals surface area contributed by atoms with Gasteiger partial charge >= 0.3 is 0 Å². The second kappa shape index (κ2) is 9.05. The Bertz CT molecular complexity index is 990. The highest BCUT2D eigenvalue weighted by atomic mass is 16.5. The molecule has 7 heteroatoms. The van der Waals surface area contributed by atoms with Gasteiger partial charge < -0.3 is 19.7 Å². The van der Waals surface area contributed by atoms with Crippen molar-refractivity contribution in [1.29, 1.82) is 0 Å². The molecule has 0 fully saturated rings. The lowest BCUT2D eigenvalue weighted by Crippen LogP contribution is -2.19. The number of anilines is 3. The number of ether oxygens (including phenoxy) is 2. The average Bonchev–Trinajstić information content (AvgIpc) is 2.75. The van der Waals surface area contributed by atoms with Gasteiger partial charge in [-0.15, -0.1) is 0 Å². The molecule has 0 unspecified atom stereocenters. The molecule has 0 radical (unpaired) electrons. The predicted molar refractivity (Wildman–Crippen MR) is 113 cm³/mol. The monoisotopic (exact) mass is 392 g/mol. The fourth-order valence-electron chi connectivity index (χ4n) is 2.94. The van der Waals surface area contributed by atoms with Crippen molar-refractivity contribution in [2.24, 2.45) is 0 Å². The number of nitrogens with one attached hydrogen (secondary N) is 1. The van der Waals surface area contributed by atoms with E-state index in [0.29, 0.717) is 23.0 Å². The van der Waals surface area contributed by atoms with E-state index in [2.05, 4.69) is 21.4 Å². The van der Waals surface area contributed by atoms with Gasteiger partial charge in [-0.1, -0.05) is 12.1 Å². The molecule has 29 heavy (non-hydrogen) atoms. The number of hydrogen-bond acceptors (Lipinski definition) is 6. The van der Waals surface area contributed by atoms with Gasteiger partial charge in [0.15, 0.2) is 5.82 Å². The highest BCUT2D eigenvalue weighted by Crippen LogP contribution is 2.29. The van der Waals surface area contributed by atoms with Gasteiger partial charge in [0.1, 0.15) is 17.2 Å². The van der Waals surface area contributed by atoms with Crippen molar-refractivity contribution >= 4 is 23.1 Å². The van der Waals surface area contributed by atoms with Gasteiger partial charge in [0, 0.05) is 18.3 Å². The summed E-state index contributed by atoms with van der Waals surface area (Å²) in [4.78, 5) is 23.4. The van der Waals surface area contributed by atoms with E-state index in [1.165, 1.54) is 18.9 Å². The topological polar surface area (TPSA) is 76.6 Å². The van der Waals surface area contributed by atoms with Crippen LogP contribution in [-0.2, 0) is 0 Å². The standard InChI is InChI=1S/C22H24N4O3/c1-5-26(16-8-6-7-15(2)11-16)21-14-23-19(13-24-21)22(27)25-18-10-9-17(28-3)12-20(18)29-4/h6-14H,5H2,1-4H3,(H,25,27). The zero-order valence-corrected chi connectivity index (χ0v) is 17.0. The van der Waals surface area contributed by atoms with Crippen LogP contribution in [-0.4, -0.2) is 36.6 Å². The third-order valence-electron chi connectivity index (χ3n) is 4.43. The zero-order valence-electron chi connectivity index (χ0n) is 17.0. The lowest BCUT2D eigenvalue weighted by molar-refractivity contribution is 0.102. The van der Waals surface area contributed by atoms with E-state index in [1.54, 1.807) is 31.5 Å². The maximum atomic E-state index is 12.6. The summed E-state index contributed by atoms with van der Waals surface area (Å²) in [5.41, 5.74) is 2.94. The number of hydrogen-bond donors (Lipinski definition) is 1. The Morgan fingerprint density at radius 1 is 1.07 bits per heavy atom. The lowest BCUT2D eigenvalue weighted by Gasteiger charge is -2.22. The normalized spacial score (nSPS) is 10.3. The number of methoxy groups -OCH3 is 2. The molecule has 1 heterocycles. The van der Waals surface area contributed by atoms with E-state index in [4.69, 9.17) is 9.47 Å². The molecule has 150 valence electrons. The number of aryl methyl sites for hydroxylation is 1. The molecule has 0 aliphatic heterocycles. The van der Waals surface area contributed by atoms with Gasteiger partial charge in [-0.05, 0) is 43.7 Å². The van der Waals surface area contributed by atoms with E-state index >= 15 is 0 Å². The Labute approximate surface area is 170 Å². The molecule has 0 spiro atoms. The highest BCUT2D eigenvalue weighted by Gasteiger charge is 2.14. The Kier molecular flexibility index (Phi) is 6.29. The van der Waals surface area contributed by atoms with Crippen LogP contribution in [0, 0.1) is 6.92 Å². The fourth-order valence-corrected chi connectivity index (χ4v) is 2.94. The van der Waals surface area contributed by atoms with Gasteiger partial charge in [0.2, 0.25) is 0 Å². The average molecular weight is 392 g/mol. The number of amides is 1. The summed E-state index contributed by atoms with van der Waals surface area (Å²) in [7, 11) is 3.10. The Morgan fingerprint density at radius 3 is 2.52 bits per heavy atom. The molecule has 2 aromatic carbocycles. The quantitative estimate of drug-likeness (QED) is 0.649. The molecular weight excluding hydrogens is 368 g/mol. The summed E-state index contributed by atoms with van der Waals surface area (Å²) in [5, 5.41) is 2.80. The van der Waals surface area contributed by atoms with Crippen LogP contribution in [0.3, 0.4) is 0 Å². The zero-order chi connectivity index (χ0) is 20.8. The summed E-state index contributed by atoms with van der Waals surface area (Å²) >= 11 is 0. The van der Waals surface area contributed by atoms with E-state index in [0.717, 1.165) is 12.2 Å². The van der Waals surface area contributed by atoms with Gasteiger partial charge in [0.05, 0.1) is 32.3 Å². The van der Waals surface area contributed by atoms with Crippen LogP contribution in [0.15, 0.2) is 54.9 Å². The maximum Gasteiger partial charge on any atom is 0.275 e. The molecule has 0 bridgehead atoms. The van der Waals surface area contributed by atoms with Crippen LogP contribution < -0.4 is 19.7 Å². The molecule has 0 atom stereocenters. The van der Waals surface area contributed by atoms with Gasteiger partial charge in [-0.25, -0.2) is 9.97 Å². The molecule has 1 N–H and O–H groups in total. The van der Waals surface area contributed by atoms with Crippen LogP contribution in [0.4, 0.5) is 17.2 Å². The second-order valence-electron chi connectivity index (χ2n) is 6.36. The van der Waals surface area contributed by atoms with Crippen molar-refractivity contribution < 1.29 is 14.3 Å². The minimum Gasteiger partial charge on any atom is -0.497 e. The lowest BCUT2D eigenvalue weighted by atomic mass is 10.2.